The standard InChI is InChI=1S/C21H26N2O/c1-17-9-7-8-14-23(17)16-21(24)22-20-13-6-5-12-19(20)15-18-10-3-2-4-11-18/h2-6,10-13,17H,7-9,14-16H2,1H3,(H,22,24)/p+1/t17-/m0/s1. The molecule has 3 rings (SSSR count). The Morgan fingerprint density at radius 3 is 2.62 bits per heavy atom. The minimum atomic E-state index is 0.124. The van der Waals surface area contributed by atoms with Gasteiger partial charge in [-0.25, -0.2) is 0 Å². The van der Waals surface area contributed by atoms with Gasteiger partial charge in [-0.2, -0.15) is 0 Å². The summed E-state index contributed by atoms with van der Waals surface area (Å²) in [5.41, 5.74) is 3.36. The van der Waals surface area contributed by atoms with Gasteiger partial charge in [-0.15, -0.1) is 0 Å². The Morgan fingerprint density at radius 2 is 1.83 bits per heavy atom. The predicted octanol–water partition coefficient (Wildman–Crippen LogP) is 2.67. The quantitative estimate of drug-likeness (QED) is 0.871. The Morgan fingerprint density at radius 1 is 1.08 bits per heavy atom. The number of benzene rings is 2. The molecule has 1 unspecified atom stereocenters. The minimum absolute atomic E-state index is 0.124. The van der Waals surface area contributed by atoms with Crippen LogP contribution in [0.3, 0.4) is 0 Å². The number of carbonyl (C=O) groups excluding carboxylic acids is 1. The molecule has 2 atom stereocenters. The van der Waals surface area contributed by atoms with Crippen LogP contribution in [0.4, 0.5) is 5.69 Å². The van der Waals surface area contributed by atoms with Crippen molar-refractivity contribution in [3.05, 3.63) is 65.7 Å². The van der Waals surface area contributed by atoms with Crippen LogP contribution in [0.2, 0.25) is 0 Å². The number of quaternary nitrogens is 1. The highest BCUT2D eigenvalue weighted by atomic mass is 16.2. The van der Waals surface area contributed by atoms with E-state index in [4.69, 9.17) is 0 Å². The van der Waals surface area contributed by atoms with Crippen molar-refractivity contribution in [3.63, 3.8) is 0 Å². The summed E-state index contributed by atoms with van der Waals surface area (Å²) in [4.78, 5) is 13.9. The molecule has 3 heteroatoms. The molecule has 1 aliphatic heterocycles. The molecular weight excluding hydrogens is 296 g/mol. The number of piperidine rings is 1. The van der Waals surface area contributed by atoms with Crippen molar-refractivity contribution >= 4 is 11.6 Å². The first kappa shape index (κ1) is 16.7. The summed E-state index contributed by atoms with van der Waals surface area (Å²) in [5.74, 6) is 0.124. The molecule has 2 N–H and O–H groups in total. The van der Waals surface area contributed by atoms with Gasteiger partial charge in [-0.05, 0) is 49.8 Å². The maximum absolute atomic E-state index is 12.5. The Hall–Kier alpha value is -2.13. The normalized spacial score (nSPS) is 20.5. The van der Waals surface area contributed by atoms with Crippen LogP contribution >= 0.6 is 0 Å². The van der Waals surface area contributed by atoms with Crippen LogP contribution in [0.15, 0.2) is 54.6 Å². The molecule has 3 nitrogen and oxygen atoms in total. The fraction of sp³-hybridized carbons (Fsp3) is 0.381. The van der Waals surface area contributed by atoms with Gasteiger partial charge in [0.25, 0.3) is 5.91 Å². The molecule has 0 spiro atoms. The summed E-state index contributed by atoms with van der Waals surface area (Å²) in [6, 6.07) is 19.1. The Bertz CT molecular complexity index is 669. The predicted molar refractivity (Wildman–Crippen MR) is 98.3 cm³/mol. The zero-order valence-electron chi connectivity index (χ0n) is 14.4. The topological polar surface area (TPSA) is 33.5 Å². The lowest BCUT2D eigenvalue weighted by atomic mass is 10.0. The van der Waals surface area contributed by atoms with Crippen molar-refractivity contribution in [2.45, 2.75) is 38.6 Å². The zero-order valence-corrected chi connectivity index (χ0v) is 14.4. The van der Waals surface area contributed by atoms with E-state index in [1.54, 1.807) is 0 Å². The lowest BCUT2D eigenvalue weighted by Gasteiger charge is -2.29. The molecule has 1 aliphatic rings. The number of carbonyl (C=O) groups is 1. The van der Waals surface area contributed by atoms with Crippen LogP contribution < -0.4 is 10.2 Å². The largest absolute Gasteiger partial charge is 0.325 e. The number of amides is 1. The number of likely N-dealkylation sites (tertiary alicyclic amines) is 1. The fourth-order valence-corrected chi connectivity index (χ4v) is 3.53. The molecule has 0 radical (unpaired) electrons. The van der Waals surface area contributed by atoms with Crippen LogP contribution in [0.5, 0.6) is 0 Å². The second kappa shape index (κ2) is 8.11. The summed E-state index contributed by atoms with van der Waals surface area (Å²) >= 11 is 0. The van der Waals surface area contributed by atoms with Crippen molar-refractivity contribution in [3.8, 4) is 0 Å². The van der Waals surface area contributed by atoms with Crippen molar-refractivity contribution in [2.24, 2.45) is 0 Å². The van der Waals surface area contributed by atoms with Gasteiger partial charge >= 0.3 is 0 Å². The Balaban J connectivity index is 1.65. The lowest BCUT2D eigenvalue weighted by molar-refractivity contribution is -0.920. The molecule has 1 saturated heterocycles. The maximum Gasteiger partial charge on any atom is 0.279 e. The number of hydrogen-bond acceptors (Lipinski definition) is 1. The summed E-state index contributed by atoms with van der Waals surface area (Å²) in [7, 11) is 0. The fourth-order valence-electron chi connectivity index (χ4n) is 3.53. The highest BCUT2D eigenvalue weighted by Gasteiger charge is 2.24. The molecule has 126 valence electrons. The van der Waals surface area contributed by atoms with Crippen molar-refractivity contribution in [1.82, 2.24) is 0 Å². The van der Waals surface area contributed by atoms with Crippen molar-refractivity contribution < 1.29 is 9.69 Å². The van der Waals surface area contributed by atoms with Gasteiger partial charge in [0.1, 0.15) is 0 Å². The molecule has 0 aliphatic carbocycles. The molecule has 0 bridgehead atoms. The molecule has 1 heterocycles. The molecule has 2 aromatic carbocycles. The summed E-state index contributed by atoms with van der Waals surface area (Å²) < 4.78 is 0. The van der Waals surface area contributed by atoms with Gasteiger partial charge in [-0.1, -0.05) is 48.5 Å². The Labute approximate surface area is 144 Å². The van der Waals surface area contributed by atoms with Gasteiger partial charge in [0.15, 0.2) is 6.54 Å². The van der Waals surface area contributed by atoms with E-state index in [1.165, 1.54) is 35.3 Å². The van der Waals surface area contributed by atoms with Crippen LogP contribution in [-0.4, -0.2) is 25.0 Å². The third-order valence-electron chi connectivity index (χ3n) is 5.00. The van der Waals surface area contributed by atoms with E-state index in [0.29, 0.717) is 12.6 Å². The number of nitrogens with one attached hydrogen (secondary N) is 2. The highest BCUT2D eigenvalue weighted by Crippen LogP contribution is 2.19. The van der Waals surface area contributed by atoms with Crippen LogP contribution in [0, 0.1) is 0 Å². The molecule has 0 aromatic heterocycles. The lowest BCUT2D eigenvalue weighted by Crippen LogP contribution is -3.17. The third kappa shape index (κ3) is 4.45. The van der Waals surface area contributed by atoms with E-state index in [2.05, 4.69) is 42.6 Å². The molecule has 1 fully saturated rings. The second-order valence-corrected chi connectivity index (χ2v) is 6.85. The van der Waals surface area contributed by atoms with Crippen LogP contribution in [-0.2, 0) is 11.2 Å². The first-order valence-corrected chi connectivity index (χ1v) is 8.98. The number of rotatable bonds is 5. The Kier molecular flexibility index (Phi) is 5.65. The molecule has 2 aromatic rings. The van der Waals surface area contributed by atoms with Crippen LogP contribution in [0.1, 0.15) is 37.3 Å². The summed E-state index contributed by atoms with van der Waals surface area (Å²) in [6.45, 7) is 3.94. The average Bonchev–Trinajstić information content (AvgIpc) is 2.60. The SMILES string of the molecule is C[C@H]1CCCC[NH+]1CC(=O)Nc1ccccc1Cc1ccccc1. The number of para-hydroxylation sites is 1. The van der Waals surface area contributed by atoms with E-state index >= 15 is 0 Å². The second-order valence-electron chi connectivity index (χ2n) is 6.85. The average molecular weight is 323 g/mol. The monoisotopic (exact) mass is 323 g/mol. The van der Waals surface area contributed by atoms with Gasteiger partial charge in [0.2, 0.25) is 0 Å². The highest BCUT2D eigenvalue weighted by molar-refractivity contribution is 5.92. The molecule has 0 saturated carbocycles. The summed E-state index contributed by atoms with van der Waals surface area (Å²) in [6.07, 6.45) is 4.60. The van der Waals surface area contributed by atoms with Crippen LogP contribution in [0.25, 0.3) is 0 Å². The van der Waals surface area contributed by atoms with Gasteiger partial charge in [-0.3, -0.25) is 4.79 Å². The molecular formula is C21H27N2O+. The third-order valence-corrected chi connectivity index (χ3v) is 5.00. The number of hydrogen-bond donors (Lipinski definition) is 2. The van der Waals surface area contributed by atoms with Crippen molar-refractivity contribution in [1.29, 1.82) is 0 Å². The van der Waals surface area contributed by atoms with Crippen molar-refractivity contribution in [2.75, 3.05) is 18.4 Å². The van der Waals surface area contributed by atoms with E-state index in [9.17, 15) is 4.79 Å². The summed E-state index contributed by atoms with van der Waals surface area (Å²) in [5, 5.41) is 3.14. The minimum Gasteiger partial charge on any atom is -0.325 e. The van der Waals surface area contributed by atoms with Gasteiger partial charge in [0.05, 0.1) is 12.6 Å². The zero-order chi connectivity index (χ0) is 16.8. The van der Waals surface area contributed by atoms with E-state index in [1.807, 2.05) is 24.3 Å². The van der Waals surface area contributed by atoms with E-state index < -0.39 is 0 Å². The smallest absolute Gasteiger partial charge is 0.279 e. The number of anilines is 1. The maximum atomic E-state index is 12.5. The van der Waals surface area contributed by atoms with Gasteiger partial charge in [0, 0.05) is 5.69 Å². The van der Waals surface area contributed by atoms with E-state index in [0.717, 1.165) is 18.7 Å². The molecule has 1 amide bonds. The van der Waals surface area contributed by atoms with E-state index in [-0.39, 0.29) is 5.91 Å². The van der Waals surface area contributed by atoms with Gasteiger partial charge < -0.3 is 10.2 Å². The first-order valence-electron chi connectivity index (χ1n) is 8.98. The molecule has 24 heavy (non-hydrogen) atoms. The first-order chi connectivity index (χ1) is 11.7.